The Morgan fingerprint density at radius 2 is 2.00 bits per heavy atom. The Morgan fingerprint density at radius 1 is 1.26 bits per heavy atom. The lowest BCUT2D eigenvalue weighted by atomic mass is 10.0. The molecule has 0 saturated heterocycles. The molecule has 0 amide bonds. The molecule has 0 saturated carbocycles. The topological polar surface area (TPSA) is 34.4 Å². The summed E-state index contributed by atoms with van der Waals surface area (Å²) >= 11 is 6.06. The van der Waals surface area contributed by atoms with Gasteiger partial charge in [0.15, 0.2) is 5.22 Å². The minimum Gasteiger partial charge on any atom is -0.497 e. The van der Waals surface area contributed by atoms with Gasteiger partial charge >= 0.3 is 0 Å². The van der Waals surface area contributed by atoms with Gasteiger partial charge in [0.25, 0.3) is 0 Å². The second-order valence-electron chi connectivity index (χ2n) is 4.31. The Hall–Kier alpha value is -1.45. The van der Waals surface area contributed by atoms with E-state index in [4.69, 9.17) is 20.8 Å². The van der Waals surface area contributed by atoms with Crippen LogP contribution in [0.1, 0.15) is 24.1 Å². The van der Waals surface area contributed by atoms with Gasteiger partial charge in [0, 0.05) is 11.6 Å². The first-order chi connectivity index (χ1) is 9.24. The molecule has 0 aliphatic rings. The number of rotatable bonds is 6. The molecule has 0 spiro atoms. The van der Waals surface area contributed by atoms with E-state index in [-0.39, 0.29) is 6.04 Å². The summed E-state index contributed by atoms with van der Waals surface area (Å²) in [4.78, 5) is 0. The Labute approximate surface area is 118 Å². The number of furan rings is 1. The van der Waals surface area contributed by atoms with Gasteiger partial charge in [0.05, 0.1) is 13.4 Å². The Kier molecular flexibility index (Phi) is 4.88. The molecule has 1 unspecified atom stereocenters. The third kappa shape index (κ3) is 3.52. The Bertz CT molecular complexity index is 507. The van der Waals surface area contributed by atoms with Crippen molar-refractivity contribution in [2.75, 3.05) is 13.7 Å². The molecule has 0 radical (unpaired) electrons. The number of likely N-dealkylation sites (N-methyl/N-ethyl adjacent to an activating group) is 1. The maximum Gasteiger partial charge on any atom is 0.197 e. The first kappa shape index (κ1) is 14.0. The van der Waals surface area contributed by atoms with Gasteiger partial charge in [-0.25, -0.2) is 0 Å². The van der Waals surface area contributed by atoms with Crippen molar-refractivity contribution in [2.45, 2.75) is 19.4 Å². The molecule has 0 fully saturated rings. The van der Waals surface area contributed by atoms with Crippen LogP contribution in [0, 0.1) is 0 Å². The van der Waals surface area contributed by atoms with E-state index in [9.17, 15) is 0 Å². The molecule has 1 aromatic carbocycles. The number of halogens is 1. The molecule has 1 heterocycles. The molecular formula is C15H18ClNO2. The number of methoxy groups -OCH3 is 1. The average molecular weight is 280 g/mol. The van der Waals surface area contributed by atoms with E-state index in [1.54, 1.807) is 13.4 Å². The Balaban J connectivity index is 2.14. The highest BCUT2D eigenvalue weighted by molar-refractivity contribution is 6.29. The number of nitrogens with one attached hydrogen (secondary N) is 1. The van der Waals surface area contributed by atoms with Crippen LogP contribution < -0.4 is 10.1 Å². The first-order valence-electron chi connectivity index (χ1n) is 6.33. The highest BCUT2D eigenvalue weighted by Gasteiger charge is 2.16. The molecule has 2 rings (SSSR count). The number of ether oxygens (including phenoxy) is 1. The summed E-state index contributed by atoms with van der Waals surface area (Å²) < 4.78 is 10.3. The highest BCUT2D eigenvalue weighted by Crippen LogP contribution is 2.27. The zero-order valence-electron chi connectivity index (χ0n) is 11.2. The van der Waals surface area contributed by atoms with Crippen LogP contribution in [0.4, 0.5) is 0 Å². The Morgan fingerprint density at radius 3 is 2.53 bits per heavy atom. The van der Waals surface area contributed by atoms with Gasteiger partial charge < -0.3 is 14.5 Å². The van der Waals surface area contributed by atoms with Crippen molar-refractivity contribution < 1.29 is 9.15 Å². The number of benzene rings is 1. The van der Waals surface area contributed by atoms with Crippen molar-refractivity contribution in [1.82, 2.24) is 5.32 Å². The highest BCUT2D eigenvalue weighted by atomic mass is 35.5. The molecule has 102 valence electrons. The maximum atomic E-state index is 6.06. The summed E-state index contributed by atoms with van der Waals surface area (Å²) in [5.41, 5.74) is 2.23. The van der Waals surface area contributed by atoms with Crippen molar-refractivity contribution >= 4 is 11.6 Å². The predicted octanol–water partition coefficient (Wildman–Crippen LogP) is 3.83. The lowest BCUT2D eigenvalue weighted by molar-refractivity contribution is 0.414. The largest absolute Gasteiger partial charge is 0.497 e. The van der Waals surface area contributed by atoms with Gasteiger partial charge in [-0.1, -0.05) is 19.1 Å². The van der Waals surface area contributed by atoms with Gasteiger partial charge in [-0.05, 0) is 48.3 Å². The third-order valence-electron chi connectivity index (χ3n) is 3.07. The van der Waals surface area contributed by atoms with Crippen molar-refractivity contribution in [3.63, 3.8) is 0 Å². The summed E-state index contributed by atoms with van der Waals surface area (Å²) in [5, 5.41) is 3.89. The fourth-order valence-corrected chi connectivity index (χ4v) is 2.34. The first-order valence-corrected chi connectivity index (χ1v) is 6.71. The van der Waals surface area contributed by atoms with Gasteiger partial charge in [0.1, 0.15) is 5.75 Å². The molecular weight excluding hydrogens is 262 g/mol. The third-order valence-corrected chi connectivity index (χ3v) is 3.38. The van der Waals surface area contributed by atoms with E-state index in [1.165, 1.54) is 5.56 Å². The summed E-state index contributed by atoms with van der Waals surface area (Å²) in [7, 11) is 1.67. The monoisotopic (exact) mass is 279 g/mol. The molecule has 1 atom stereocenters. The van der Waals surface area contributed by atoms with Crippen LogP contribution in [0.3, 0.4) is 0 Å². The fourth-order valence-electron chi connectivity index (χ4n) is 2.09. The normalized spacial score (nSPS) is 12.4. The molecule has 0 bridgehead atoms. The van der Waals surface area contributed by atoms with Crippen LogP contribution in [-0.2, 0) is 6.42 Å². The van der Waals surface area contributed by atoms with Gasteiger partial charge in [-0.2, -0.15) is 0 Å². The molecule has 19 heavy (non-hydrogen) atoms. The zero-order chi connectivity index (χ0) is 13.7. The lowest BCUT2D eigenvalue weighted by Gasteiger charge is -2.17. The number of hydrogen-bond donors (Lipinski definition) is 1. The van der Waals surface area contributed by atoms with Crippen molar-refractivity contribution in [3.8, 4) is 5.75 Å². The van der Waals surface area contributed by atoms with E-state index in [0.29, 0.717) is 5.22 Å². The second kappa shape index (κ2) is 6.64. The second-order valence-corrected chi connectivity index (χ2v) is 4.66. The summed E-state index contributed by atoms with van der Waals surface area (Å²) in [6.07, 6.45) is 2.48. The van der Waals surface area contributed by atoms with Gasteiger partial charge in [0.2, 0.25) is 0 Å². The van der Waals surface area contributed by atoms with Crippen LogP contribution >= 0.6 is 11.6 Å². The fraction of sp³-hybridized carbons (Fsp3) is 0.333. The van der Waals surface area contributed by atoms with E-state index >= 15 is 0 Å². The van der Waals surface area contributed by atoms with Crippen molar-refractivity contribution in [3.05, 3.63) is 52.9 Å². The summed E-state index contributed by atoms with van der Waals surface area (Å²) in [6.45, 7) is 2.96. The number of hydrogen-bond acceptors (Lipinski definition) is 3. The molecule has 1 aromatic heterocycles. The SMILES string of the molecule is CCNC(Cc1ccc(OC)cc1)c1ccoc1Cl. The van der Waals surface area contributed by atoms with E-state index < -0.39 is 0 Å². The minimum absolute atomic E-state index is 0.157. The van der Waals surface area contributed by atoms with Gasteiger partial charge in [-0.15, -0.1) is 0 Å². The predicted molar refractivity (Wildman–Crippen MR) is 76.8 cm³/mol. The quantitative estimate of drug-likeness (QED) is 0.872. The summed E-state index contributed by atoms with van der Waals surface area (Å²) in [6, 6.07) is 10.1. The summed E-state index contributed by atoms with van der Waals surface area (Å²) in [5.74, 6) is 0.866. The van der Waals surface area contributed by atoms with Crippen LogP contribution in [0.2, 0.25) is 5.22 Å². The van der Waals surface area contributed by atoms with Crippen LogP contribution in [0.5, 0.6) is 5.75 Å². The van der Waals surface area contributed by atoms with Crippen LogP contribution in [0.15, 0.2) is 41.0 Å². The molecule has 3 nitrogen and oxygen atoms in total. The average Bonchev–Trinajstić information content (AvgIpc) is 2.85. The van der Waals surface area contributed by atoms with E-state index in [2.05, 4.69) is 24.4 Å². The minimum atomic E-state index is 0.157. The molecule has 0 aliphatic carbocycles. The maximum absolute atomic E-state index is 6.06. The van der Waals surface area contributed by atoms with Crippen LogP contribution in [0.25, 0.3) is 0 Å². The van der Waals surface area contributed by atoms with E-state index in [0.717, 1.165) is 24.3 Å². The molecule has 4 heteroatoms. The standard InChI is InChI=1S/C15H18ClNO2/c1-3-17-14(13-8-9-19-15(13)16)10-11-4-6-12(18-2)7-5-11/h4-9,14,17H,3,10H2,1-2H3. The molecule has 1 N–H and O–H groups in total. The lowest BCUT2D eigenvalue weighted by Crippen LogP contribution is -2.22. The molecule has 0 aliphatic heterocycles. The van der Waals surface area contributed by atoms with Crippen molar-refractivity contribution in [2.24, 2.45) is 0 Å². The molecule has 2 aromatic rings. The van der Waals surface area contributed by atoms with E-state index in [1.807, 2.05) is 18.2 Å². The zero-order valence-corrected chi connectivity index (χ0v) is 11.9. The van der Waals surface area contributed by atoms with Gasteiger partial charge in [-0.3, -0.25) is 0 Å². The smallest absolute Gasteiger partial charge is 0.197 e. The van der Waals surface area contributed by atoms with Crippen LogP contribution in [-0.4, -0.2) is 13.7 Å². The van der Waals surface area contributed by atoms with Crippen molar-refractivity contribution in [1.29, 1.82) is 0 Å².